The van der Waals surface area contributed by atoms with Gasteiger partial charge in [0.2, 0.25) is 0 Å². The lowest BCUT2D eigenvalue weighted by atomic mass is 10.1. The van der Waals surface area contributed by atoms with E-state index in [1.807, 2.05) is 0 Å². The number of ether oxygens (including phenoxy) is 2. The number of rotatable bonds is 2. The van der Waals surface area contributed by atoms with Gasteiger partial charge in [0.05, 0.1) is 18.1 Å². The van der Waals surface area contributed by atoms with Crippen molar-refractivity contribution in [2.24, 2.45) is 0 Å². The molecular weight excluding hydrogens is 192 g/mol. The molecule has 4 nitrogen and oxygen atoms in total. The molecule has 0 aromatic carbocycles. The molecular formula is C8H10O4S. The third kappa shape index (κ3) is 2.32. The molecule has 0 spiro atoms. The molecule has 0 bridgehead atoms. The highest BCUT2D eigenvalue weighted by Crippen LogP contribution is 2.09. The number of esters is 1. The Bertz CT molecular complexity index is 249. The van der Waals surface area contributed by atoms with E-state index in [9.17, 15) is 9.59 Å². The summed E-state index contributed by atoms with van der Waals surface area (Å²) < 4.78 is 9.73. The van der Waals surface area contributed by atoms with Gasteiger partial charge in [0.25, 0.3) is 0 Å². The number of ketones is 1. The Morgan fingerprint density at radius 3 is 3.08 bits per heavy atom. The van der Waals surface area contributed by atoms with Crippen molar-refractivity contribution in [3.63, 3.8) is 0 Å². The van der Waals surface area contributed by atoms with Crippen molar-refractivity contribution in [2.75, 3.05) is 13.2 Å². The van der Waals surface area contributed by atoms with Crippen molar-refractivity contribution in [1.82, 2.24) is 0 Å². The second-order valence-electron chi connectivity index (χ2n) is 2.54. The number of hydrogen-bond acceptors (Lipinski definition) is 5. The molecule has 72 valence electrons. The van der Waals surface area contributed by atoms with Gasteiger partial charge in [-0.15, -0.1) is 0 Å². The van der Waals surface area contributed by atoms with Crippen molar-refractivity contribution < 1.29 is 19.1 Å². The van der Waals surface area contributed by atoms with Crippen LogP contribution in [0.1, 0.15) is 13.3 Å². The van der Waals surface area contributed by atoms with Gasteiger partial charge < -0.3 is 9.47 Å². The lowest BCUT2D eigenvalue weighted by Crippen LogP contribution is -2.42. The van der Waals surface area contributed by atoms with Crippen molar-refractivity contribution in [3.05, 3.63) is 0 Å². The first-order valence-corrected chi connectivity index (χ1v) is 4.43. The maximum atomic E-state index is 11.2. The average Bonchev–Trinajstić information content (AvgIpc) is 2.10. The van der Waals surface area contributed by atoms with E-state index in [-0.39, 0.29) is 30.3 Å². The van der Waals surface area contributed by atoms with Crippen LogP contribution in [0.5, 0.6) is 0 Å². The highest BCUT2D eigenvalue weighted by molar-refractivity contribution is 7.82. The highest BCUT2D eigenvalue weighted by atomic mass is 32.1. The van der Waals surface area contributed by atoms with Crippen molar-refractivity contribution in [1.29, 1.82) is 0 Å². The summed E-state index contributed by atoms with van der Waals surface area (Å²) in [5.74, 6) is -0.764. The molecule has 1 aliphatic rings. The van der Waals surface area contributed by atoms with Crippen LogP contribution in [0.3, 0.4) is 0 Å². The molecule has 1 rings (SSSR count). The fourth-order valence-corrected chi connectivity index (χ4v) is 1.27. The van der Waals surface area contributed by atoms with Gasteiger partial charge in [-0.1, -0.05) is 12.2 Å². The average molecular weight is 202 g/mol. The normalized spacial score (nSPS) is 23.0. The molecule has 0 N–H and O–H groups in total. The monoisotopic (exact) mass is 202 g/mol. The zero-order chi connectivity index (χ0) is 9.84. The molecule has 13 heavy (non-hydrogen) atoms. The zero-order valence-corrected chi connectivity index (χ0v) is 8.06. The van der Waals surface area contributed by atoms with Gasteiger partial charge in [-0.25, -0.2) is 4.79 Å². The molecule has 0 radical (unpaired) electrons. The third-order valence-electron chi connectivity index (χ3n) is 1.63. The minimum Gasteiger partial charge on any atom is -0.464 e. The van der Waals surface area contributed by atoms with Crippen LogP contribution in [-0.4, -0.2) is 35.9 Å². The first kappa shape index (κ1) is 10.3. The Labute approximate surface area is 81.2 Å². The molecule has 1 saturated heterocycles. The van der Waals surface area contributed by atoms with E-state index < -0.39 is 12.1 Å². The van der Waals surface area contributed by atoms with Crippen LogP contribution in [0.25, 0.3) is 0 Å². The number of carbonyl (C=O) groups is 2. The standard InChI is InChI=1S/C8H10O4S/c1-2-11-8(10)6-7(13)5(9)3-4-12-6/h6H,2-4H2,1H3. The Kier molecular flexibility index (Phi) is 3.50. The van der Waals surface area contributed by atoms with Gasteiger partial charge in [-0.05, 0) is 6.92 Å². The molecule has 1 aliphatic heterocycles. The Morgan fingerprint density at radius 1 is 1.77 bits per heavy atom. The quantitative estimate of drug-likeness (QED) is 0.475. The number of thiocarbonyl (C=S) groups is 1. The second-order valence-corrected chi connectivity index (χ2v) is 2.98. The van der Waals surface area contributed by atoms with E-state index in [4.69, 9.17) is 21.7 Å². The fourth-order valence-electron chi connectivity index (χ4n) is 1.01. The summed E-state index contributed by atoms with van der Waals surface area (Å²) in [6.45, 7) is 2.18. The van der Waals surface area contributed by atoms with Gasteiger partial charge in [-0.2, -0.15) is 0 Å². The largest absolute Gasteiger partial charge is 0.464 e. The van der Waals surface area contributed by atoms with E-state index in [0.717, 1.165) is 0 Å². The molecule has 1 unspecified atom stereocenters. The summed E-state index contributed by atoms with van der Waals surface area (Å²) in [6, 6.07) is 0. The van der Waals surface area contributed by atoms with E-state index in [1.54, 1.807) is 6.92 Å². The van der Waals surface area contributed by atoms with Gasteiger partial charge in [0.1, 0.15) is 0 Å². The van der Waals surface area contributed by atoms with Crippen molar-refractivity contribution in [2.45, 2.75) is 19.4 Å². The van der Waals surface area contributed by atoms with Gasteiger partial charge >= 0.3 is 5.97 Å². The predicted octanol–water partition coefficient (Wildman–Crippen LogP) is 0.277. The van der Waals surface area contributed by atoms with Crippen LogP contribution in [0, 0.1) is 0 Å². The molecule has 0 aromatic rings. The minimum atomic E-state index is -0.962. The first-order chi connectivity index (χ1) is 6.16. The first-order valence-electron chi connectivity index (χ1n) is 4.02. The van der Waals surface area contributed by atoms with E-state index >= 15 is 0 Å². The molecule has 0 amide bonds. The zero-order valence-electron chi connectivity index (χ0n) is 7.24. The third-order valence-corrected chi connectivity index (χ3v) is 2.07. The lowest BCUT2D eigenvalue weighted by molar-refractivity contribution is -0.153. The number of carbonyl (C=O) groups excluding carboxylic acids is 2. The Balaban J connectivity index is 2.63. The summed E-state index contributed by atoms with van der Waals surface area (Å²) in [5.41, 5.74) is 0. The van der Waals surface area contributed by atoms with E-state index in [1.165, 1.54) is 0 Å². The second kappa shape index (κ2) is 4.43. The van der Waals surface area contributed by atoms with Gasteiger partial charge in [-0.3, -0.25) is 4.79 Å². The van der Waals surface area contributed by atoms with E-state index in [0.29, 0.717) is 0 Å². The molecule has 0 aromatic heterocycles. The Morgan fingerprint density at radius 2 is 2.46 bits per heavy atom. The molecule has 1 heterocycles. The smallest absolute Gasteiger partial charge is 0.340 e. The van der Waals surface area contributed by atoms with Crippen LogP contribution >= 0.6 is 12.2 Å². The number of Topliss-reactive ketones (excluding diaryl/α,β-unsaturated/α-hetero) is 1. The van der Waals surface area contributed by atoms with Gasteiger partial charge in [0, 0.05) is 6.42 Å². The highest BCUT2D eigenvalue weighted by Gasteiger charge is 2.33. The number of hydrogen-bond donors (Lipinski definition) is 0. The molecule has 0 saturated carbocycles. The maximum absolute atomic E-state index is 11.2. The predicted molar refractivity (Wildman–Crippen MR) is 48.6 cm³/mol. The molecule has 1 atom stereocenters. The summed E-state index contributed by atoms with van der Waals surface area (Å²) in [6.07, 6.45) is -0.703. The van der Waals surface area contributed by atoms with Crippen LogP contribution in [0.2, 0.25) is 0 Å². The fraction of sp³-hybridized carbons (Fsp3) is 0.625. The Hall–Kier alpha value is -0.810. The topological polar surface area (TPSA) is 52.6 Å². The maximum Gasteiger partial charge on any atom is 0.340 e. The molecule has 0 aliphatic carbocycles. The van der Waals surface area contributed by atoms with E-state index in [2.05, 4.69) is 0 Å². The summed E-state index contributed by atoms with van der Waals surface area (Å²) in [7, 11) is 0. The lowest BCUT2D eigenvalue weighted by Gasteiger charge is -2.20. The van der Waals surface area contributed by atoms with Crippen molar-refractivity contribution >= 4 is 28.8 Å². The molecule has 1 fully saturated rings. The van der Waals surface area contributed by atoms with Crippen LogP contribution in [0.4, 0.5) is 0 Å². The minimum absolute atomic E-state index is 0.0321. The molecule has 5 heteroatoms. The van der Waals surface area contributed by atoms with Crippen molar-refractivity contribution in [3.8, 4) is 0 Å². The summed E-state index contributed by atoms with van der Waals surface area (Å²) >= 11 is 4.76. The SMILES string of the molecule is CCOC(=O)C1OCCC(=O)C1=S. The van der Waals surface area contributed by atoms with Crippen LogP contribution < -0.4 is 0 Å². The van der Waals surface area contributed by atoms with Crippen LogP contribution in [-0.2, 0) is 19.1 Å². The summed E-state index contributed by atoms with van der Waals surface area (Å²) in [4.78, 5) is 22.3. The van der Waals surface area contributed by atoms with Crippen LogP contribution in [0.15, 0.2) is 0 Å². The van der Waals surface area contributed by atoms with Gasteiger partial charge in [0.15, 0.2) is 11.9 Å². The summed E-state index contributed by atoms with van der Waals surface area (Å²) in [5, 5.41) is 0.